The van der Waals surface area contributed by atoms with Crippen LogP contribution in [0.2, 0.25) is 5.02 Å². The fraction of sp³-hybridized carbons (Fsp3) is 0.111. The second-order valence-corrected chi connectivity index (χ2v) is 6.25. The maximum Gasteiger partial charge on any atom is 0.255 e. The number of thiazole rings is 1. The van der Waals surface area contributed by atoms with Crippen LogP contribution in [-0.2, 0) is 6.61 Å². The zero-order valence-electron chi connectivity index (χ0n) is 13.4. The molecule has 0 saturated carbocycles. The second-order valence-electron chi connectivity index (χ2n) is 5.09. The van der Waals surface area contributed by atoms with E-state index in [1.54, 1.807) is 48.0 Å². The van der Waals surface area contributed by atoms with Gasteiger partial charge in [0.25, 0.3) is 5.91 Å². The zero-order chi connectivity index (χ0) is 17.6. The highest BCUT2D eigenvalue weighted by atomic mass is 35.5. The Morgan fingerprint density at radius 2 is 2.04 bits per heavy atom. The summed E-state index contributed by atoms with van der Waals surface area (Å²) in [4.78, 5) is 16.5. The Balaban J connectivity index is 1.65. The lowest BCUT2D eigenvalue weighted by Crippen LogP contribution is -2.12. The Bertz CT molecular complexity index is 851. The van der Waals surface area contributed by atoms with Gasteiger partial charge in [-0.3, -0.25) is 4.79 Å². The zero-order valence-corrected chi connectivity index (χ0v) is 14.9. The molecule has 1 aromatic heterocycles. The molecule has 5 nitrogen and oxygen atoms in total. The van der Waals surface area contributed by atoms with E-state index in [0.29, 0.717) is 34.4 Å². The summed E-state index contributed by atoms with van der Waals surface area (Å²) in [5, 5.41) is 5.24. The normalized spacial score (nSPS) is 10.3. The smallest absolute Gasteiger partial charge is 0.255 e. The molecule has 0 saturated heterocycles. The Hall–Kier alpha value is -2.57. The van der Waals surface area contributed by atoms with Gasteiger partial charge in [-0.2, -0.15) is 0 Å². The average molecular weight is 375 g/mol. The third-order valence-electron chi connectivity index (χ3n) is 3.40. The summed E-state index contributed by atoms with van der Waals surface area (Å²) in [6.07, 6.45) is 0. The highest BCUT2D eigenvalue weighted by molar-refractivity contribution is 7.07. The van der Waals surface area contributed by atoms with Gasteiger partial charge >= 0.3 is 0 Å². The molecule has 2 aromatic carbocycles. The molecule has 0 aliphatic carbocycles. The first-order valence-corrected chi connectivity index (χ1v) is 8.72. The van der Waals surface area contributed by atoms with E-state index in [9.17, 15) is 4.79 Å². The first-order chi connectivity index (χ1) is 12.2. The Labute approximate surface area is 154 Å². The van der Waals surface area contributed by atoms with E-state index in [1.807, 2.05) is 5.38 Å². The second kappa shape index (κ2) is 8.00. The summed E-state index contributed by atoms with van der Waals surface area (Å²) in [5.74, 6) is 0.956. The van der Waals surface area contributed by atoms with Crippen molar-refractivity contribution >= 4 is 34.5 Å². The van der Waals surface area contributed by atoms with Gasteiger partial charge in [0, 0.05) is 16.0 Å². The predicted molar refractivity (Wildman–Crippen MR) is 98.8 cm³/mol. The molecular weight excluding hydrogens is 360 g/mol. The Morgan fingerprint density at radius 1 is 1.24 bits per heavy atom. The van der Waals surface area contributed by atoms with Crippen LogP contribution in [0.25, 0.3) is 0 Å². The molecule has 0 fully saturated rings. The van der Waals surface area contributed by atoms with Crippen molar-refractivity contribution in [1.29, 1.82) is 0 Å². The predicted octanol–water partition coefficient (Wildman–Crippen LogP) is 4.64. The quantitative estimate of drug-likeness (QED) is 0.683. The van der Waals surface area contributed by atoms with Crippen LogP contribution in [0.5, 0.6) is 11.5 Å². The summed E-state index contributed by atoms with van der Waals surface area (Å²) in [5.41, 5.74) is 3.66. The number of nitrogens with one attached hydrogen (secondary N) is 1. The van der Waals surface area contributed by atoms with Gasteiger partial charge in [0.15, 0.2) is 0 Å². The number of benzene rings is 2. The third kappa shape index (κ3) is 4.49. The number of carbonyl (C=O) groups excluding carboxylic acids is 1. The van der Waals surface area contributed by atoms with Crippen LogP contribution in [0, 0.1) is 0 Å². The lowest BCUT2D eigenvalue weighted by molar-refractivity contribution is 0.102. The molecule has 7 heteroatoms. The van der Waals surface area contributed by atoms with E-state index in [4.69, 9.17) is 21.1 Å². The molecule has 128 valence electrons. The number of ether oxygens (including phenoxy) is 2. The topological polar surface area (TPSA) is 60.5 Å². The summed E-state index contributed by atoms with van der Waals surface area (Å²) in [6.45, 7) is 0.398. The van der Waals surface area contributed by atoms with Crippen LogP contribution in [0.1, 0.15) is 16.1 Å². The molecule has 0 aliphatic heterocycles. The van der Waals surface area contributed by atoms with E-state index in [2.05, 4.69) is 10.3 Å². The standard InChI is InChI=1S/C18H15ClN2O3S/c1-23-17-7-4-13(19)8-16(17)21-18(22)12-2-5-15(6-3-12)24-9-14-10-25-11-20-14/h2-8,10-11H,9H2,1H3,(H,21,22). The van der Waals surface area contributed by atoms with Crippen molar-refractivity contribution < 1.29 is 14.3 Å². The van der Waals surface area contributed by atoms with Crippen molar-refractivity contribution in [1.82, 2.24) is 4.98 Å². The highest BCUT2D eigenvalue weighted by Crippen LogP contribution is 2.28. The number of hydrogen-bond acceptors (Lipinski definition) is 5. The number of nitrogens with zero attached hydrogens (tertiary/aromatic N) is 1. The van der Waals surface area contributed by atoms with Gasteiger partial charge in [0.2, 0.25) is 0 Å². The minimum atomic E-state index is -0.258. The molecule has 0 atom stereocenters. The maximum atomic E-state index is 12.4. The number of rotatable bonds is 6. The van der Waals surface area contributed by atoms with E-state index < -0.39 is 0 Å². The van der Waals surface area contributed by atoms with Gasteiger partial charge < -0.3 is 14.8 Å². The molecule has 0 spiro atoms. The summed E-state index contributed by atoms with van der Waals surface area (Å²) < 4.78 is 10.9. The lowest BCUT2D eigenvalue weighted by Gasteiger charge is -2.11. The molecule has 0 aliphatic rings. The number of methoxy groups -OCH3 is 1. The van der Waals surface area contributed by atoms with Crippen LogP contribution < -0.4 is 14.8 Å². The monoisotopic (exact) mass is 374 g/mol. The van der Waals surface area contributed by atoms with E-state index in [0.717, 1.165) is 5.69 Å². The van der Waals surface area contributed by atoms with E-state index in [1.165, 1.54) is 18.4 Å². The fourth-order valence-electron chi connectivity index (χ4n) is 2.14. The maximum absolute atomic E-state index is 12.4. The molecule has 0 radical (unpaired) electrons. The Kier molecular flexibility index (Phi) is 5.53. The molecule has 25 heavy (non-hydrogen) atoms. The van der Waals surface area contributed by atoms with Crippen molar-refractivity contribution in [2.45, 2.75) is 6.61 Å². The molecule has 3 aromatic rings. The van der Waals surface area contributed by atoms with Crippen LogP contribution in [0.15, 0.2) is 53.4 Å². The first kappa shape index (κ1) is 17.3. The molecule has 0 bridgehead atoms. The summed E-state index contributed by atoms with van der Waals surface area (Å²) in [6, 6.07) is 11.9. The van der Waals surface area contributed by atoms with Crippen LogP contribution in [0.4, 0.5) is 5.69 Å². The van der Waals surface area contributed by atoms with Crippen molar-refractivity contribution in [3.05, 3.63) is 69.6 Å². The first-order valence-electron chi connectivity index (χ1n) is 7.40. The molecular formula is C18H15ClN2O3S. The van der Waals surface area contributed by atoms with E-state index >= 15 is 0 Å². The van der Waals surface area contributed by atoms with Crippen LogP contribution in [-0.4, -0.2) is 18.0 Å². The molecule has 0 unspecified atom stereocenters. The Morgan fingerprint density at radius 3 is 2.72 bits per heavy atom. The third-order valence-corrected chi connectivity index (χ3v) is 4.27. The molecule has 3 rings (SSSR count). The van der Waals surface area contributed by atoms with Gasteiger partial charge in [0.1, 0.15) is 18.1 Å². The minimum Gasteiger partial charge on any atom is -0.495 e. The SMILES string of the molecule is COc1ccc(Cl)cc1NC(=O)c1ccc(OCc2cscn2)cc1. The molecule has 1 heterocycles. The lowest BCUT2D eigenvalue weighted by atomic mass is 10.2. The fourth-order valence-corrected chi connectivity index (χ4v) is 2.86. The summed E-state index contributed by atoms with van der Waals surface area (Å²) in [7, 11) is 1.54. The van der Waals surface area contributed by atoms with Gasteiger partial charge in [0.05, 0.1) is 24.0 Å². The van der Waals surface area contributed by atoms with Crippen molar-refractivity contribution in [3.8, 4) is 11.5 Å². The van der Waals surface area contributed by atoms with Crippen molar-refractivity contribution in [3.63, 3.8) is 0 Å². The van der Waals surface area contributed by atoms with Crippen molar-refractivity contribution in [2.24, 2.45) is 0 Å². The van der Waals surface area contributed by atoms with E-state index in [-0.39, 0.29) is 5.91 Å². The van der Waals surface area contributed by atoms with Gasteiger partial charge in [-0.1, -0.05) is 11.6 Å². The minimum absolute atomic E-state index is 0.258. The summed E-state index contributed by atoms with van der Waals surface area (Å²) >= 11 is 7.50. The number of halogens is 1. The average Bonchev–Trinajstić information content (AvgIpc) is 3.14. The van der Waals surface area contributed by atoms with Gasteiger partial charge in [-0.15, -0.1) is 11.3 Å². The van der Waals surface area contributed by atoms with Crippen molar-refractivity contribution in [2.75, 3.05) is 12.4 Å². The molecule has 1 amide bonds. The number of hydrogen-bond donors (Lipinski definition) is 1. The molecule has 1 N–H and O–H groups in total. The van der Waals surface area contributed by atoms with Gasteiger partial charge in [-0.05, 0) is 42.5 Å². The highest BCUT2D eigenvalue weighted by Gasteiger charge is 2.10. The van der Waals surface area contributed by atoms with Crippen LogP contribution >= 0.6 is 22.9 Å². The number of carbonyl (C=O) groups is 1. The number of anilines is 1. The number of aromatic nitrogens is 1. The number of amides is 1. The van der Waals surface area contributed by atoms with Gasteiger partial charge in [-0.25, -0.2) is 4.98 Å². The largest absolute Gasteiger partial charge is 0.495 e. The van der Waals surface area contributed by atoms with Crippen LogP contribution in [0.3, 0.4) is 0 Å².